The minimum Gasteiger partial charge on any atom is -0.367 e. The molecule has 2 N–H and O–H groups in total. The van der Waals surface area contributed by atoms with Crippen LogP contribution in [0, 0.1) is 11.6 Å². The number of benzene rings is 2. The molecular weight excluding hydrogens is 434 g/mol. The number of rotatable bonds is 6. The summed E-state index contributed by atoms with van der Waals surface area (Å²) in [6.45, 7) is 0.276. The normalized spacial score (nSPS) is 12.9. The molecule has 1 saturated carbocycles. The SMILES string of the molecule is Cl.O=C(Nc1ccc(NC2CC2)nc1)c1cc2cc(F)ccc2n1Cc1cccc(F)c1. The molecule has 0 atom stereocenters. The molecule has 0 radical (unpaired) electrons. The Morgan fingerprint density at radius 1 is 1.03 bits per heavy atom. The van der Waals surface area contributed by atoms with E-state index in [0.717, 1.165) is 18.7 Å². The molecule has 8 heteroatoms. The van der Waals surface area contributed by atoms with Crippen LogP contribution in [0.15, 0.2) is 66.9 Å². The van der Waals surface area contributed by atoms with Gasteiger partial charge in [-0.25, -0.2) is 13.8 Å². The van der Waals surface area contributed by atoms with Crippen molar-refractivity contribution in [3.05, 3.63) is 89.8 Å². The fraction of sp³-hybridized carbons (Fsp3) is 0.167. The second-order valence-electron chi connectivity index (χ2n) is 7.75. The number of carbonyl (C=O) groups is 1. The molecule has 164 valence electrons. The van der Waals surface area contributed by atoms with E-state index in [4.69, 9.17) is 0 Å². The number of hydrogen-bond donors (Lipinski definition) is 2. The van der Waals surface area contributed by atoms with Crippen LogP contribution in [0.3, 0.4) is 0 Å². The molecule has 2 heterocycles. The summed E-state index contributed by atoms with van der Waals surface area (Å²) in [5.41, 5.74) is 2.30. The van der Waals surface area contributed by atoms with Gasteiger partial charge in [-0.1, -0.05) is 12.1 Å². The van der Waals surface area contributed by atoms with Crippen LogP contribution in [0.1, 0.15) is 28.9 Å². The highest BCUT2D eigenvalue weighted by Gasteiger charge is 2.21. The highest BCUT2D eigenvalue weighted by Crippen LogP contribution is 2.25. The van der Waals surface area contributed by atoms with Crippen molar-refractivity contribution < 1.29 is 13.6 Å². The molecule has 4 aromatic rings. The predicted molar refractivity (Wildman–Crippen MR) is 123 cm³/mol. The molecule has 0 bridgehead atoms. The van der Waals surface area contributed by atoms with E-state index in [1.54, 1.807) is 41.1 Å². The fourth-order valence-corrected chi connectivity index (χ4v) is 3.60. The van der Waals surface area contributed by atoms with Gasteiger partial charge in [0.1, 0.15) is 23.1 Å². The summed E-state index contributed by atoms with van der Waals surface area (Å²) in [7, 11) is 0. The van der Waals surface area contributed by atoms with E-state index in [0.29, 0.717) is 33.9 Å². The second-order valence-corrected chi connectivity index (χ2v) is 7.75. The summed E-state index contributed by atoms with van der Waals surface area (Å²) in [6.07, 6.45) is 3.90. The first-order valence-electron chi connectivity index (χ1n) is 10.1. The Labute approximate surface area is 189 Å². The number of nitrogens with zero attached hydrogens (tertiary/aromatic N) is 2. The topological polar surface area (TPSA) is 59.0 Å². The van der Waals surface area contributed by atoms with Crippen molar-refractivity contribution >= 4 is 40.7 Å². The maximum Gasteiger partial charge on any atom is 0.272 e. The van der Waals surface area contributed by atoms with Gasteiger partial charge in [0.05, 0.1) is 11.9 Å². The predicted octanol–water partition coefficient (Wildman–Crippen LogP) is 5.61. The molecule has 2 aromatic carbocycles. The maximum absolute atomic E-state index is 13.8. The van der Waals surface area contributed by atoms with Crippen molar-refractivity contribution in [3.8, 4) is 0 Å². The summed E-state index contributed by atoms with van der Waals surface area (Å²) in [4.78, 5) is 17.4. The van der Waals surface area contributed by atoms with E-state index in [2.05, 4.69) is 15.6 Å². The van der Waals surface area contributed by atoms with Crippen LogP contribution in [-0.2, 0) is 6.54 Å². The number of halogens is 3. The molecule has 5 rings (SSSR count). The van der Waals surface area contributed by atoms with Gasteiger partial charge in [-0.15, -0.1) is 12.4 Å². The van der Waals surface area contributed by atoms with E-state index in [-0.39, 0.29) is 36.5 Å². The van der Waals surface area contributed by atoms with Crippen LogP contribution in [0.4, 0.5) is 20.3 Å². The lowest BCUT2D eigenvalue weighted by molar-refractivity contribution is 0.101. The quantitative estimate of drug-likeness (QED) is 0.398. The van der Waals surface area contributed by atoms with Gasteiger partial charge < -0.3 is 15.2 Å². The van der Waals surface area contributed by atoms with Gasteiger partial charge in [0.25, 0.3) is 5.91 Å². The monoisotopic (exact) mass is 454 g/mol. The number of pyridine rings is 1. The Morgan fingerprint density at radius 3 is 2.56 bits per heavy atom. The van der Waals surface area contributed by atoms with Gasteiger partial charge in [0.2, 0.25) is 0 Å². The zero-order valence-corrected chi connectivity index (χ0v) is 17.8. The Kier molecular flexibility index (Phi) is 6.10. The van der Waals surface area contributed by atoms with Gasteiger partial charge in [0, 0.05) is 23.5 Å². The van der Waals surface area contributed by atoms with Crippen LogP contribution in [0.25, 0.3) is 10.9 Å². The first-order valence-corrected chi connectivity index (χ1v) is 10.1. The van der Waals surface area contributed by atoms with Crippen molar-refractivity contribution in [2.45, 2.75) is 25.4 Å². The Bertz CT molecular complexity index is 1270. The zero-order valence-electron chi connectivity index (χ0n) is 17.0. The number of amides is 1. The number of fused-ring (bicyclic) bond motifs is 1. The molecule has 0 spiro atoms. The largest absolute Gasteiger partial charge is 0.367 e. The van der Waals surface area contributed by atoms with Crippen molar-refractivity contribution in [1.29, 1.82) is 0 Å². The number of anilines is 2. The third kappa shape index (κ3) is 4.73. The molecule has 0 saturated heterocycles. The third-order valence-corrected chi connectivity index (χ3v) is 5.28. The van der Waals surface area contributed by atoms with Gasteiger partial charge >= 0.3 is 0 Å². The van der Waals surface area contributed by atoms with Crippen LogP contribution in [-0.4, -0.2) is 21.5 Å². The zero-order chi connectivity index (χ0) is 21.4. The summed E-state index contributed by atoms with van der Waals surface area (Å²) >= 11 is 0. The lowest BCUT2D eigenvalue weighted by Gasteiger charge is -2.12. The lowest BCUT2D eigenvalue weighted by Crippen LogP contribution is -2.17. The first-order chi connectivity index (χ1) is 15.0. The molecule has 2 aromatic heterocycles. The molecular formula is C24H21ClF2N4O. The average molecular weight is 455 g/mol. The Morgan fingerprint density at radius 2 is 1.84 bits per heavy atom. The Hall–Kier alpha value is -3.45. The first kappa shape index (κ1) is 21.8. The fourth-order valence-electron chi connectivity index (χ4n) is 3.60. The van der Waals surface area contributed by atoms with Crippen LogP contribution < -0.4 is 10.6 Å². The van der Waals surface area contributed by atoms with Crippen molar-refractivity contribution in [2.24, 2.45) is 0 Å². The maximum atomic E-state index is 13.8. The molecule has 0 unspecified atom stereocenters. The van der Waals surface area contributed by atoms with E-state index in [9.17, 15) is 13.6 Å². The second kappa shape index (κ2) is 8.96. The van der Waals surface area contributed by atoms with E-state index >= 15 is 0 Å². The van der Waals surface area contributed by atoms with Gasteiger partial charge in [-0.05, 0) is 66.9 Å². The molecule has 1 aliphatic carbocycles. The standard InChI is InChI=1S/C24H20F2N4O.ClH/c25-17-3-1-2-15(10-17)14-30-21-8-4-18(26)11-16(21)12-22(30)24(31)29-20-7-9-23(27-13-20)28-19-5-6-19;/h1-4,7-13,19H,5-6,14H2,(H,27,28)(H,29,31);1H. The summed E-state index contributed by atoms with van der Waals surface area (Å²) in [5, 5.41) is 6.75. The lowest BCUT2D eigenvalue weighted by atomic mass is 10.2. The van der Waals surface area contributed by atoms with Crippen LogP contribution in [0.2, 0.25) is 0 Å². The minimum atomic E-state index is -0.384. The van der Waals surface area contributed by atoms with Crippen LogP contribution in [0.5, 0.6) is 0 Å². The van der Waals surface area contributed by atoms with Crippen molar-refractivity contribution in [3.63, 3.8) is 0 Å². The number of carbonyl (C=O) groups excluding carboxylic acids is 1. The smallest absolute Gasteiger partial charge is 0.272 e. The summed E-state index contributed by atoms with van der Waals surface area (Å²) in [5.74, 6) is -0.309. The molecule has 1 aliphatic rings. The highest BCUT2D eigenvalue weighted by molar-refractivity contribution is 6.06. The average Bonchev–Trinajstić information content (AvgIpc) is 3.50. The van der Waals surface area contributed by atoms with E-state index in [1.165, 1.54) is 24.3 Å². The van der Waals surface area contributed by atoms with Gasteiger partial charge in [-0.3, -0.25) is 4.79 Å². The third-order valence-electron chi connectivity index (χ3n) is 5.28. The molecule has 5 nitrogen and oxygen atoms in total. The van der Waals surface area contributed by atoms with Gasteiger partial charge in [0.15, 0.2) is 0 Å². The molecule has 0 aliphatic heterocycles. The summed E-state index contributed by atoms with van der Waals surface area (Å²) < 4.78 is 29.2. The summed E-state index contributed by atoms with van der Waals surface area (Å²) in [6, 6.07) is 16.3. The minimum absolute atomic E-state index is 0. The van der Waals surface area contributed by atoms with Crippen molar-refractivity contribution in [1.82, 2.24) is 9.55 Å². The highest BCUT2D eigenvalue weighted by atomic mass is 35.5. The van der Waals surface area contributed by atoms with Crippen LogP contribution >= 0.6 is 12.4 Å². The molecule has 1 amide bonds. The number of hydrogen-bond acceptors (Lipinski definition) is 3. The van der Waals surface area contributed by atoms with E-state index < -0.39 is 0 Å². The van der Waals surface area contributed by atoms with Gasteiger partial charge in [-0.2, -0.15) is 0 Å². The van der Waals surface area contributed by atoms with Crippen molar-refractivity contribution in [2.75, 3.05) is 10.6 Å². The number of aromatic nitrogens is 2. The van der Waals surface area contributed by atoms with E-state index in [1.807, 2.05) is 6.07 Å². The molecule has 32 heavy (non-hydrogen) atoms. The number of nitrogens with one attached hydrogen (secondary N) is 2. The Balaban J connectivity index is 0.00000245. The molecule has 1 fully saturated rings.